The van der Waals surface area contributed by atoms with Gasteiger partial charge in [0.15, 0.2) is 0 Å². The van der Waals surface area contributed by atoms with Crippen molar-refractivity contribution in [1.82, 2.24) is 4.57 Å². The summed E-state index contributed by atoms with van der Waals surface area (Å²) >= 11 is 0. The van der Waals surface area contributed by atoms with Crippen LogP contribution < -0.4 is 10.6 Å². The predicted molar refractivity (Wildman–Crippen MR) is 71.4 cm³/mol. The van der Waals surface area contributed by atoms with Crippen molar-refractivity contribution in [2.75, 3.05) is 0 Å². The van der Waals surface area contributed by atoms with Gasteiger partial charge in [0, 0.05) is 17.7 Å². The van der Waals surface area contributed by atoms with Crippen molar-refractivity contribution in [1.29, 1.82) is 0 Å². The highest BCUT2D eigenvalue weighted by atomic mass is 28.3. The summed E-state index contributed by atoms with van der Waals surface area (Å²) in [5.74, 6) is 0. The largest absolute Gasteiger partial charge is 0.359 e. The van der Waals surface area contributed by atoms with E-state index in [2.05, 4.69) is 63.0 Å². The smallest absolute Gasteiger partial charge is 0.0984 e. The molecule has 0 aromatic carbocycles. The molecule has 0 unspecified atom stereocenters. The van der Waals surface area contributed by atoms with Gasteiger partial charge in [0.25, 0.3) is 0 Å². The van der Waals surface area contributed by atoms with E-state index in [-0.39, 0.29) is 0 Å². The van der Waals surface area contributed by atoms with Crippen molar-refractivity contribution in [3.8, 4) is 0 Å². The Morgan fingerprint density at radius 2 is 1.07 bits per heavy atom. The van der Waals surface area contributed by atoms with E-state index in [9.17, 15) is 0 Å². The van der Waals surface area contributed by atoms with Crippen molar-refractivity contribution >= 4 is 26.8 Å². The number of rotatable bonds is 2. The van der Waals surface area contributed by atoms with Gasteiger partial charge in [-0.15, -0.1) is 0 Å². The monoisotopic (exact) mass is 225 g/mol. The Morgan fingerprint density at radius 1 is 0.786 bits per heavy atom. The first-order chi connectivity index (χ1) is 6.14. The highest BCUT2D eigenvalue weighted by molar-refractivity contribution is 6.90. The number of hydrogen-bond acceptors (Lipinski definition) is 0. The highest BCUT2D eigenvalue weighted by Gasteiger charge is 2.26. The average molecular weight is 225 g/mol. The summed E-state index contributed by atoms with van der Waals surface area (Å²) in [6.45, 7) is 14.5. The molecule has 1 aromatic rings. The zero-order valence-corrected chi connectivity index (χ0v) is 12.6. The Morgan fingerprint density at radius 3 is 1.21 bits per heavy atom. The van der Waals surface area contributed by atoms with Crippen LogP contribution in [0.1, 0.15) is 0 Å². The zero-order chi connectivity index (χ0) is 11.1. The number of aromatic nitrogens is 1. The lowest BCUT2D eigenvalue weighted by Gasteiger charge is -2.23. The molecule has 0 amide bonds. The van der Waals surface area contributed by atoms with Gasteiger partial charge in [0.1, 0.15) is 0 Å². The van der Waals surface area contributed by atoms with E-state index in [1.54, 1.807) is 10.6 Å². The van der Waals surface area contributed by atoms with E-state index in [0.717, 1.165) is 0 Å². The SMILES string of the molecule is Cn1c([Si](C)(C)C)ccc1[Si](C)(C)C. The van der Waals surface area contributed by atoms with Crippen molar-refractivity contribution in [3.05, 3.63) is 12.1 Å². The summed E-state index contributed by atoms with van der Waals surface area (Å²) in [7, 11) is -0.0640. The molecule has 14 heavy (non-hydrogen) atoms. The average Bonchev–Trinajstić information content (AvgIpc) is 2.26. The minimum atomic E-state index is -1.15. The van der Waals surface area contributed by atoms with Crippen LogP contribution in [0.4, 0.5) is 0 Å². The Balaban J connectivity index is 3.23. The molecular weight excluding hydrogens is 202 g/mol. The molecule has 3 heteroatoms. The first-order valence-electron chi connectivity index (χ1n) is 5.31. The Kier molecular flexibility index (Phi) is 2.85. The van der Waals surface area contributed by atoms with Crippen molar-refractivity contribution < 1.29 is 0 Å². The molecule has 0 radical (unpaired) electrons. The lowest BCUT2D eigenvalue weighted by Crippen LogP contribution is -2.49. The second-order valence-corrected chi connectivity index (χ2v) is 16.2. The lowest BCUT2D eigenvalue weighted by atomic mass is 10.7. The van der Waals surface area contributed by atoms with Crippen molar-refractivity contribution in [3.63, 3.8) is 0 Å². The molecule has 0 bridgehead atoms. The van der Waals surface area contributed by atoms with Gasteiger partial charge >= 0.3 is 0 Å². The number of nitrogens with zero attached hydrogens (tertiary/aromatic N) is 1. The fraction of sp³-hybridized carbons (Fsp3) is 0.636. The fourth-order valence-electron chi connectivity index (χ4n) is 2.02. The quantitative estimate of drug-likeness (QED) is 0.680. The molecule has 1 heterocycles. The second-order valence-electron chi connectivity index (χ2n) is 6.16. The third-order valence-electron chi connectivity index (χ3n) is 2.66. The first kappa shape index (κ1) is 11.8. The maximum atomic E-state index is 2.46. The van der Waals surface area contributed by atoms with Gasteiger partial charge in [-0.25, -0.2) is 0 Å². The molecule has 1 rings (SSSR count). The van der Waals surface area contributed by atoms with Crippen LogP contribution in [-0.2, 0) is 7.05 Å². The van der Waals surface area contributed by atoms with E-state index in [1.807, 2.05) is 0 Å². The molecule has 0 saturated heterocycles. The number of hydrogen-bond donors (Lipinski definition) is 0. The van der Waals surface area contributed by atoms with Gasteiger partial charge in [0.05, 0.1) is 16.1 Å². The van der Waals surface area contributed by atoms with Gasteiger partial charge in [-0.05, 0) is 12.1 Å². The van der Waals surface area contributed by atoms with Gasteiger partial charge < -0.3 is 4.57 Å². The Bertz CT molecular complexity index is 295. The van der Waals surface area contributed by atoms with Crippen molar-refractivity contribution in [2.24, 2.45) is 7.05 Å². The van der Waals surface area contributed by atoms with Gasteiger partial charge in [-0.3, -0.25) is 0 Å². The molecule has 0 fully saturated rings. The van der Waals surface area contributed by atoms with Crippen LogP contribution in [-0.4, -0.2) is 20.7 Å². The summed E-state index contributed by atoms with van der Waals surface area (Å²) in [5.41, 5.74) is 0. The summed E-state index contributed by atoms with van der Waals surface area (Å²) in [6.07, 6.45) is 0. The van der Waals surface area contributed by atoms with E-state index in [1.165, 1.54) is 0 Å². The van der Waals surface area contributed by atoms with Crippen LogP contribution in [0.15, 0.2) is 12.1 Å². The van der Waals surface area contributed by atoms with Gasteiger partial charge in [-0.1, -0.05) is 39.3 Å². The van der Waals surface area contributed by atoms with Gasteiger partial charge in [0.2, 0.25) is 0 Å². The summed E-state index contributed by atoms with van der Waals surface area (Å²) in [5, 5.41) is 3.16. The highest BCUT2D eigenvalue weighted by Crippen LogP contribution is 2.06. The van der Waals surface area contributed by atoms with E-state index in [0.29, 0.717) is 0 Å². The van der Waals surface area contributed by atoms with Crippen LogP contribution >= 0.6 is 0 Å². The zero-order valence-electron chi connectivity index (χ0n) is 10.6. The van der Waals surface area contributed by atoms with E-state index in [4.69, 9.17) is 0 Å². The molecular formula is C11H23NSi2. The molecule has 0 N–H and O–H groups in total. The summed E-state index contributed by atoms with van der Waals surface area (Å²) in [6, 6.07) is 4.69. The molecule has 0 saturated carbocycles. The van der Waals surface area contributed by atoms with Crippen molar-refractivity contribution in [2.45, 2.75) is 39.3 Å². The fourth-order valence-corrected chi connectivity index (χ4v) is 5.55. The van der Waals surface area contributed by atoms with Gasteiger partial charge in [-0.2, -0.15) is 0 Å². The predicted octanol–water partition coefficient (Wildman–Crippen LogP) is 2.12. The molecule has 80 valence electrons. The minimum Gasteiger partial charge on any atom is -0.359 e. The normalized spacial score (nSPS) is 13.4. The second kappa shape index (κ2) is 3.38. The molecule has 0 aliphatic carbocycles. The topological polar surface area (TPSA) is 4.93 Å². The van der Waals surface area contributed by atoms with Crippen LogP contribution in [0.5, 0.6) is 0 Å². The van der Waals surface area contributed by atoms with Crippen LogP contribution in [0.3, 0.4) is 0 Å². The van der Waals surface area contributed by atoms with E-state index < -0.39 is 16.1 Å². The standard InChI is InChI=1S/C11H23NSi2/c1-12-10(13(2,3)4)8-9-11(12)14(5,6)7/h8-9H,1-7H3. The molecule has 1 nitrogen and oxygen atoms in total. The Labute approximate surface area is 90.2 Å². The van der Waals surface area contributed by atoms with Crippen LogP contribution in [0.25, 0.3) is 0 Å². The first-order valence-corrected chi connectivity index (χ1v) is 12.3. The summed E-state index contributed by atoms with van der Waals surface area (Å²) in [4.78, 5) is 0. The van der Waals surface area contributed by atoms with Crippen LogP contribution in [0, 0.1) is 0 Å². The molecule has 0 atom stereocenters. The molecule has 0 aliphatic rings. The lowest BCUT2D eigenvalue weighted by molar-refractivity contribution is 0.978. The summed E-state index contributed by atoms with van der Waals surface area (Å²) < 4.78 is 2.46. The van der Waals surface area contributed by atoms with E-state index >= 15 is 0 Å². The third kappa shape index (κ3) is 2.20. The maximum absolute atomic E-state index is 2.46. The molecule has 0 aliphatic heterocycles. The third-order valence-corrected chi connectivity index (χ3v) is 6.74. The molecule has 0 spiro atoms. The molecule has 1 aromatic heterocycles. The van der Waals surface area contributed by atoms with Crippen LogP contribution in [0.2, 0.25) is 39.3 Å². The minimum absolute atomic E-state index is 1.15. The Hall–Kier alpha value is -0.286. The maximum Gasteiger partial charge on any atom is 0.0984 e.